The average molecular weight is 834 g/mol. The molecule has 1 heterocycles. The summed E-state index contributed by atoms with van der Waals surface area (Å²) in [6.45, 7) is 4.73. The van der Waals surface area contributed by atoms with Gasteiger partial charge in [0.1, 0.15) is 0 Å². The van der Waals surface area contributed by atoms with Crippen molar-refractivity contribution in [2.24, 2.45) is 0 Å². The van der Waals surface area contributed by atoms with Crippen molar-refractivity contribution in [3.63, 3.8) is 0 Å². The summed E-state index contributed by atoms with van der Waals surface area (Å²) in [5.74, 6) is 0.0485. The van der Waals surface area contributed by atoms with Gasteiger partial charge in [0.15, 0.2) is 0 Å². The molecule has 0 saturated heterocycles. The Balaban J connectivity index is 1.13. The molecule has 64 heavy (non-hydrogen) atoms. The Morgan fingerprint density at radius 1 is 0.406 bits per heavy atom. The second kappa shape index (κ2) is 14.3. The van der Waals surface area contributed by atoms with E-state index in [4.69, 9.17) is 0 Å². The van der Waals surface area contributed by atoms with Crippen LogP contribution in [0, 0.1) is 0 Å². The van der Waals surface area contributed by atoms with Crippen molar-refractivity contribution in [3.05, 3.63) is 246 Å². The van der Waals surface area contributed by atoms with E-state index in [9.17, 15) is 0 Å². The van der Waals surface area contributed by atoms with Crippen LogP contribution < -0.4 is 4.90 Å². The van der Waals surface area contributed by atoms with E-state index in [-0.39, 0.29) is 11.3 Å². The standard InChI is InChI=1S/C62H43NS/c1-62(2)54-29-16-15-28-50(54)52-38-43(33-35-55(52)62)63(42-32-34-49-47-26-12-11-24-45(47)46-25-13-14-27-48(46)51(49)37-42)56-30-17-31-57-59(56)53-36-41-22-9-10-23-44(41)60(61(53)64-57)58(39-18-5-3-6-19-39)40-20-7-4-8-21-40/h3-38,58H,1-2H3. The molecule has 2 heteroatoms. The lowest BCUT2D eigenvalue weighted by Gasteiger charge is -2.28. The Morgan fingerprint density at radius 3 is 1.66 bits per heavy atom. The van der Waals surface area contributed by atoms with Gasteiger partial charge in [0.05, 0.1) is 5.69 Å². The van der Waals surface area contributed by atoms with Crippen LogP contribution in [0.15, 0.2) is 218 Å². The summed E-state index contributed by atoms with van der Waals surface area (Å²) in [6, 6.07) is 81.7. The Morgan fingerprint density at radius 2 is 0.953 bits per heavy atom. The van der Waals surface area contributed by atoms with Crippen LogP contribution in [0.3, 0.4) is 0 Å². The third-order valence-corrected chi connectivity index (χ3v) is 15.3. The van der Waals surface area contributed by atoms with Gasteiger partial charge in [-0.05, 0) is 124 Å². The van der Waals surface area contributed by atoms with Crippen LogP contribution in [0.2, 0.25) is 0 Å². The molecule has 1 aromatic heterocycles. The normalized spacial score (nSPS) is 13.1. The van der Waals surface area contributed by atoms with Crippen molar-refractivity contribution in [2.75, 3.05) is 4.90 Å². The monoisotopic (exact) mass is 833 g/mol. The largest absolute Gasteiger partial charge is 0.310 e. The first-order valence-electron chi connectivity index (χ1n) is 22.4. The lowest BCUT2D eigenvalue weighted by molar-refractivity contribution is 0.660. The predicted molar refractivity (Wildman–Crippen MR) is 275 cm³/mol. The highest BCUT2D eigenvalue weighted by molar-refractivity contribution is 7.26. The summed E-state index contributed by atoms with van der Waals surface area (Å²) >= 11 is 1.93. The fourth-order valence-corrected chi connectivity index (χ4v) is 12.5. The number of hydrogen-bond acceptors (Lipinski definition) is 2. The van der Waals surface area contributed by atoms with E-state index in [2.05, 4.69) is 237 Å². The third kappa shape index (κ3) is 5.49. The quantitative estimate of drug-likeness (QED) is 0.119. The van der Waals surface area contributed by atoms with Crippen molar-refractivity contribution in [1.82, 2.24) is 0 Å². The van der Waals surface area contributed by atoms with Crippen LogP contribution in [0.5, 0.6) is 0 Å². The number of fused-ring (bicyclic) bond motifs is 13. The average Bonchev–Trinajstić information content (AvgIpc) is 3.84. The zero-order valence-corrected chi connectivity index (χ0v) is 36.5. The highest BCUT2D eigenvalue weighted by Crippen LogP contribution is 2.54. The van der Waals surface area contributed by atoms with E-state index < -0.39 is 0 Å². The lowest BCUT2D eigenvalue weighted by atomic mass is 9.82. The molecule has 1 nitrogen and oxygen atoms in total. The molecule has 11 aromatic carbocycles. The maximum Gasteiger partial charge on any atom is 0.0554 e. The summed E-state index contributed by atoms with van der Waals surface area (Å²) < 4.78 is 2.61. The molecule has 0 bridgehead atoms. The van der Waals surface area contributed by atoms with Crippen molar-refractivity contribution < 1.29 is 0 Å². The minimum absolute atomic E-state index is 0.0485. The van der Waals surface area contributed by atoms with Gasteiger partial charge in [-0.3, -0.25) is 0 Å². The molecule has 302 valence electrons. The second-order valence-corrected chi connectivity index (χ2v) is 19.0. The zero-order chi connectivity index (χ0) is 42.5. The fraction of sp³-hybridized carbons (Fsp3) is 0.0645. The fourth-order valence-electron chi connectivity index (χ4n) is 11.2. The van der Waals surface area contributed by atoms with E-state index in [1.54, 1.807) is 0 Å². The molecule has 0 fully saturated rings. The highest BCUT2D eigenvalue weighted by atomic mass is 32.1. The lowest BCUT2D eigenvalue weighted by Crippen LogP contribution is -2.15. The van der Waals surface area contributed by atoms with Gasteiger partial charge in [-0.2, -0.15) is 0 Å². The van der Waals surface area contributed by atoms with Gasteiger partial charge in [-0.15, -0.1) is 11.3 Å². The minimum atomic E-state index is -0.0900. The zero-order valence-electron chi connectivity index (χ0n) is 35.7. The number of anilines is 3. The van der Waals surface area contributed by atoms with Crippen LogP contribution in [-0.2, 0) is 5.41 Å². The molecule has 0 saturated carbocycles. The molecule has 1 aliphatic carbocycles. The highest BCUT2D eigenvalue weighted by Gasteiger charge is 2.36. The van der Waals surface area contributed by atoms with Crippen LogP contribution >= 0.6 is 11.3 Å². The summed E-state index contributed by atoms with van der Waals surface area (Å²) in [7, 11) is 0. The molecule has 0 radical (unpaired) electrons. The SMILES string of the molecule is CC1(C)c2ccccc2-c2cc(N(c3ccc4c5ccccc5c5ccccc5c4c3)c3cccc4sc5c(C(c6ccccc6)c6ccccc6)c6ccccc6cc5c34)ccc21. The topological polar surface area (TPSA) is 3.24 Å². The number of hydrogen-bond donors (Lipinski definition) is 0. The van der Waals surface area contributed by atoms with Crippen molar-refractivity contribution in [2.45, 2.75) is 25.2 Å². The first-order valence-corrected chi connectivity index (χ1v) is 23.2. The Hall–Kier alpha value is -7.52. The van der Waals surface area contributed by atoms with E-state index in [1.807, 2.05) is 11.3 Å². The first-order chi connectivity index (χ1) is 31.5. The first kappa shape index (κ1) is 37.1. The van der Waals surface area contributed by atoms with Crippen molar-refractivity contribution >= 4 is 91.7 Å². The Bertz CT molecular complexity index is 3750. The van der Waals surface area contributed by atoms with Gasteiger partial charge >= 0.3 is 0 Å². The number of nitrogens with zero attached hydrogens (tertiary/aromatic N) is 1. The number of benzene rings is 11. The van der Waals surface area contributed by atoms with Gasteiger partial charge in [0.2, 0.25) is 0 Å². The molecule has 0 unspecified atom stereocenters. The molecular formula is C62H43NS. The summed E-state index contributed by atoms with van der Waals surface area (Å²) in [6.07, 6.45) is 0. The van der Waals surface area contributed by atoms with Crippen LogP contribution in [0.25, 0.3) is 74.4 Å². The van der Waals surface area contributed by atoms with E-state index in [1.165, 1.54) is 108 Å². The minimum Gasteiger partial charge on any atom is -0.310 e. The van der Waals surface area contributed by atoms with E-state index in [0.717, 1.165) is 11.4 Å². The second-order valence-electron chi connectivity index (χ2n) is 18.0. The molecule has 0 aliphatic heterocycles. The Kier molecular flexibility index (Phi) is 8.26. The van der Waals surface area contributed by atoms with E-state index >= 15 is 0 Å². The predicted octanol–water partition coefficient (Wildman–Crippen LogP) is 17.6. The molecule has 0 N–H and O–H groups in total. The van der Waals surface area contributed by atoms with E-state index in [0.29, 0.717) is 0 Å². The summed E-state index contributed by atoms with van der Waals surface area (Å²) in [5, 5.41) is 12.8. The van der Waals surface area contributed by atoms with Crippen LogP contribution in [0.1, 0.15) is 47.6 Å². The van der Waals surface area contributed by atoms with Crippen LogP contribution in [-0.4, -0.2) is 0 Å². The molecule has 0 spiro atoms. The molecule has 1 aliphatic rings. The van der Waals surface area contributed by atoms with Gasteiger partial charge in [-0.1, -0.05) is 190 Å². The van der Waals surface area contributed by atoms with Crippen LogP contribution in [0.4, 0.5) is 17.1 Å². The summed E-state index contributed by atoms with van der Waals surface area (Å²) in [5.41, 5.74) is 12.7. The Labute approximate surface area is 377 Å². The van der Waals surface area contributed by atoms with Gasteiger partial charge in [0.25, 0.3) is 0 Å². The van der Waals surface area contributed by atoms with Gasteiger partial charge in [-0.25, -0.2) is 0 Å². The maximum absolute atomic E-state index is 2.55. The smallest absolute Gasteiger partial charge is 0.0554 e. The molecule has 12 aromatic rings. The molecular weight excluding hydrogens is 791 g/mol. The van der Waals surface area contributed by atoms with Gasteiger partial charge in [0, 0.05) is 42.9 Å². The molecule has 0 atom stereocenters. The number of thiophene rings is 1. The van der Waals surface area contributed by atoms with Gasteiger partial charge < -0.3 is 4.90 Å². The van der Waals surface area contributed by atoms with Crippen molar-refractivity contribution in [1.29, 1.82) is 0 Å². The number of rotatable bonds is 6. The summed E-state index contributed by atoms with van der Waals surface area (Å²) in [4.78, 5) is 2.55. The third-order valence-electron chi connectivity index (χ3n) is 14.1. The molecule has 0 amide bonds. The van der Waals surface area contributed by atoms with Crippen molar-refractivity contribution in [3.8, 4) is 11.1 Å². The maximum atomic E-state index is 2.55. The molecule has 13 rings (SSSR count).